The standard InChI is InChI=1S/C13H9F3N6O2S/c1-25(23,9-4-2-3-5-17-9)22-12-18-6-8(7-19-12)10-20-11(24-21-10)13(14,15)16/h2-7H,1H3. The first-order chi connectivity index (χ1) is 11.8. The number of alkyl halides is 3. The number of nitrogens with zero attached hydrogens (tertiary/aromatic N) is 6. The molecule has 0 bridgehead atoms. The summed E-state index contributed by atoms with van der Waals surface area (Å²) in [6.45, 7) is 0. The molecule has 1 atom stereocenters. The van der Waals surface area contributed by atoms with Crippen molar-refractivity contribution in [1.82, 2.24) is 25.1 Å². The molecular formula is C13H9F3N6O2S. The van der Waals surface area contributed by atoms with Gasteiger partial charge in [0.1, 0.15) is 5.03 Å². The molecular weight excluding hydrogens is 361 g/mol. The van der Waals surface area contributed by atoms with Gasteiger partial charge in [-0.15, -0.1) is 0 Å². The Morgan fingerprint density at radius 1 is 1.16 bits per heavy atom. The Balaban J connectivity index is 1.89. The SMILES string of the molecule is CS(=O)(=Nc1ncc(-c2noc(C(F)(F)F)n2)cn1)c1ccccn1. The molecule has 12 heteroatoms. The molecule has 3 aromatic rings. The van der Waals surface area contributed by atoms with Crippen molar-refractivity contribution in [2.45, 2.75) is 11.2 Å². The van der Waals surface area contributed by atoms with Gasteiger partial charge in [-0.1, -0.05) is 11.2 Å². The van der Waals surface area contributed by atoms with Crippen LogP contribution in [0.1, 0.15) is 5.89 Å². The second-order valence-electron chi connectivity index (χ2n) is 4.75. The normalized spacial score (nSPS) is 14.1. The molecule has 0 amide bonds. The molecule has 3 rings (SSSR count). The van der Waals surface area contributed by atoms with Gasteiger partial charge in [-0.3, -0.25) is 0 Å². The molecule has 0 saturated carbocycles. The zero-order valence-corrected chi connectivity index (χ0v) is 13.3. The van der Waals surface area contributed by atoms with Gasteiger partial charge in [-0.05, 0) is 12.1 Å². The number of pyridine rings is 1. The minimum Gasteiger partial charge on any atom is -0.329 e. The summed E-state index contributed by atoms with van der Waals surface area (Å²) in [7, 11) is -2.87. The average molecular weight is 370 g/mol. The van der Waals surface area contributed by atoms with Crippen molar-refractivity contribution in [2.75, 3.05) is 6.26 Å². The van der Waals surface area contributed by atoms with E-state index in [0.29, 0.717) is 0 Å². The number of halogens is 3. The van der Waals surface area contributed by atoms with Gasteiger partial charge in [0, 0.05) is 24.8 Å². The zero-order valence-electron chi connectivity index (χ0n) is 12.5. The van der Waals surface area contributed by atoms with Crippen LogP contribution in [0, 0.1) is 0 Å². The van der Waals surface area contributed by atoms with E-state index >= 15 is 0 Å². The van der Waals surface area contributed by atoms with Crippen molar-refractivity contribution in [3.63, 3.8) is 0 Å². The van der Waals surface area contributed by atoms with E-state index in [1.165, 1.54) is 12.5 Å². The Hall–Kier alpha value is -2.89. The lowest BCUT2D eigenvalue weighted by Crippen LogP contribution is -2.04. The van der Waals surface area contributed by atoms with Crippen LogP contribution < -0.4 is 0 Å². The van der Waals surface area contributed by atoms with Gasteiger partial charge < -0.3 is 4.52 Å². The third-order valence-electron chi connectivity index (χ3n) is 2.85. The number of rotatable bonds is 3. The van der Waals surface area contributed by atoms with Crippen molar-refractivity contribution in [2.24, 2.45) is 4.36 Å². The van der Waals surface area contributed by atoms with E-state index in [1.54, 1.807) is 18.2 Å². The molecule has 0 fully saturated rings. The van der Waals surface area contributed by atoms with E-state index < -0.39 is 21.8 Å². The molecule has 0 aliphatic rings. The monoisotopic (exact) mass is 370 g/mol. The lowest BCUT2D eigenvalue weighted by Gasteiger charge is -2.02. The van der Waals surface area contributed by atoms with Crippen LogP contribution >= 0.6 is 0 Å². The van der Waals surface area contributed by atoms with Crippen LogP contribution in [-0.2, 0) is 15.9 Å². The lowest BCUT2D eigenvalue weighted by molar-refractivity contribution is -0.159. The van der Waals surface area contributed by atoms with E-state index in [-0.39, 0.29) is 22.4 Å². The molecule has 0 aliphatic carbocycles. The molecule has 8 nitrogen and oxygen atoms in total. The maximum absolute atomic E-state index is 12.6. The van der Waals surface area contributed by atoms with Gasteiger partial charge in [0.2, 0.25) is 5.82 Å². The van der Waals surface area contributed by atoms with Crippen LogP contribution in [0.15, 0.2) is 50.7 Å². The van der Waals surface area contributed by atoms with Gasteiger partial charge in [-0.2, -0.15) is 22.5 Å². The van der Waals surface area contributed by atoms with Gasteiger partial charge in [0.05, 0.1) is 15.3 Å². The lowest BCUT2D eigenvalue weighted by atomic mass is 10.3. The van der Waals surface area contributed by atoms with Gasteiger partial charge in [-0.25, -0.2) is 19.2 Å². The van der Waals surface area contributed by atoms with Crippen LogP contribution in [0.5, 0.6) is 0 Å². The van der Waals surface area contributed by atoms with Crippen molar-refractivity contribution >= 4 is 15.7 Å². The fourth-order valence-corrected chi connectivity index (χ4v) is 2.80. The Kier molecular flexibility index (Phi) is 4.20. The summed E-state index contributed by atoms with van der Waals surface area (Å²) in [5.41, 5.74) is 0.0960. The Morgan fingerprint density at radius 3 is 2.44 bits per heavy atom. The summed E-state index contributed by atoms with van der Waals surface area (Å²) in [5, 5.41) is 3.48. The summed E-state index contributed by atoms with van der Waals surface area (Å²) in [5.74, 6) is -1.90. The van der Waals surface area contributed by atoms with Crippen molar-refractivity contribution in [1.29, 1.82) is 0 Å². The molecule has 1 unspecified atom stereocenters. The van der Waals surface area contributed by atoms with E-state index in [4.69, 9.17) is 0 Å². The summed E-state index contributed by atoms with van der Waals surface area (Å²) >= 11 is 0. The fourth-order valence-electron chi connectivity index (χ4n) is 1.71. The molecule has 0 aromatic carbocycles. The maximum atomic E-state index is 12.6. The molecule has 0 saturated heterocycles. The Morgan fingerprint density at radius 2 is 1.88 bits per heavy atom. The minimum atomic E-state index is -4.74. The summed E-state index contributed by atoms with van der Waals surface area (Å²) in [4.78, 5) is 14.9. The molecule has 3 heterocycles. The second-order valence-corrected chi connectivity index (χ2v) is 6.96. The van der Waals surface area contributed by atoms with E-state index in [0.717, 1.165) is 12.4 Å². The number of hydrogen-bond acceptors (Lipinski definition) is 8. The van der Waals surface area contributed by atoms with Gasteiger partial charge in [0.15, 0.2) is 0 Å². The van der Waals surface area contributed by atoms with E-state index in [2.05, 4.69) is 34.0 Å². The highest BCUT2D eigenvalue weighted by Crippen LogP contribution is 2.29. The van der Waals surface area contributed by atoms with Gasteiger partial charge in [0.25, 0.3) is 5.95 Å². The highest BCUT2D eigenvalue weighted by atomic mass is 32.2. The largest absolute Gasteiger partial charge is 0.471 e. The first-order valence-electron chi connectivity index (χ1n) is 6.62. The number of aromatic nitrogens is 5. The van der Waals surface area contributed by atoms with E-state index in [1.807, 2.05) is 0 Å². The third kappa shape index (κ3) is 3.79. The molecule has 0 N–H and O–H groups in total. The topological polar surface area (TPSA) is 107 Å². The fraction of sp³-hybridized carbons (Fsp3) is 0.154. The molecule has 0 radical (unpaired) electrons. The van der Waals surface area contributed by atoms with Crippen LogP contribution in [-0.4, -0.2) is 35.6 Å². The maximum Gasteiger partial charge on any atom is 0.471 e. The zero-order chi connectivity index (χ0) is 18.1. The van der Waals surface area contributed by atoms with Crippen LogP contribution in [0.3, 0.4) is 0 Å². The molecule has 3 aromatic heterocycles. The summed E-state index contributed by atoms with van der Waals surface area (Å²) < 4.78 is 58.0. The predicted molar refractivity (Wildman–Crippen MR) is 79.0 cm³/mol. The van der Waals surface area contributed by atoms with Crippen molar-refractivity contribution in [3.05, 3.63) is 42.7 Å². The predicted octanol–water partition coefficient (Wildman–Crippen LogP) is 2.73. The number of hydrogen-bond donors (Lipinski definition) is 0. The van der Waals surface area contributed by atoms with Crippen LogP contribution in [0.2, 0.25) is 0 Å². The highest BCUT2D eigenvalue weighted by molar-refractivity contribution is 7.93. The van der Waals surface area contributed by atoms with Crippen molar-refractivity contribution < 1.29 is 21.9 Å². The Bertz CT molecular complexity index is 995. The minimum absolute atomic E-state index is 0.0960. The molecule has 0 spiro atoms. The summed E-state index contributed by atoms with van der Waals surface area (Å²) in [6, 6.07) is 4.89. The second kappa shape index (κ2) is 6.20. The molecule has 25 heavy (non-hydrogen) atoms. The first-order valence-corrected chi connectivity index (χ1v) is 8.54. The van der Waals surface area contributed by atoms with Crippen LogP contribution in [0.25, 0.3) is 11.4 Å². The van der Waals surface area contributed by atoms with E-state index in [9.17, 15) is 17.4 Å². The van der Waals surface area contributed by atoms with Crippen molar-refractivity contribution in [3.8, 4) is 11.4 Å². The molecule has 0 aliphatic heterocycles. The average Bonchev–Trinajstić information content (AvgIpc) is 3.06. The summed E-state index contributed by atoms with van der Waals surface area (Å²) in [6.07, 6.45) is 0.432. The van der Waals surface area contributed by atoms with Gasteiger partial charge >= 0.3 is 12.1 Å². The van der Waals surface area contributed by atoms with Crippen LogP contribution in [0.4, 0.5) is 19.1 Å². The smallest absolute Gasteiger partial charge is 0.329 e. The highest BCUT2D eigenvalue weighted by Gasteiger charge is 2.38. The third-order valence-corrected chi connectivity index (χ3v) is 4.38. The quantitative estimate of drug-likeness (QED) is 0.697. The Labute approximate surface area is 139 Å². The first kappa shape index (κ1) is 17.0. The molecule has 130 valence electrons.